The van der Waals surface area contributed by atoms with Crippen LogP contribution in [-0.2, 0) is 14.8 Å². The van der Waals surface area contributed by atoms with E-state index < -0.39 is 10.0 Å². The molecule has 0 saturated carbocycles. The van der Waals surface area contributed by atoms with Crippen LogP contribution in [0.15, 0.2) is 18.2 Å². The quantitative estimate of drug-likeness (QED) is 0.553. The lowest BCUT2D eigenvalue weighted by atomic mass is 10.2. The molecule has 0 aliphatic carbocycles. The molecule has 0 bridgehead atoms. The molecule has 1 saturated heterocycles. The normalized spacial score (nSPS) is 17.0. The van der Waals surface area contributed by atoms with E-state index in [9.17, 15) is 13.2 Å². The minimum atomic E-state index is -3.42. The van der Waals surface area contributed by atoms with E-state index in [0.717, 1.165) is 39.3 Å². The molecule has 27 heavy (non-hydrogen) atoms. The van der Waals surface area contributed by atoms with E-state index in [4.69, 9.17) is 14.2 Å². The maximum absolute atomic E-state index is 12.1. The summed E-state index contributed by atoms with van der Waals surface area (Å²) in [7, 11) is -3.42. The van der Waals surface area contributed by atoms with Crippen molar-refractivity contribution in [2.75, 3.05) is 58.5 Å². The third-order valence-corrected chi connectivity index (χ3v) is 5.75. The Bertz CT molecular complexity index is 749. The Morgan fingerprint density at radius 1 is 1.11 bits per heavy atom. The Morgan fingerprint density at radius 3 is 2.70 bits per heavy atom. The Morgan fingerprint density at radius 2 is 1.89 bits per heavy atom. The summed E-state index contributed by atoms with van der Waals surface area (Å²) in [6.45, 7) is 4.63. The number of rotatable bonds is 9. The van der Waals surface area contributed by atoms with Crippen LogP contribution in [0.25, 0.3) is 0 Å². The van der Waals surface area contributed by atoms with Gasteiger partial charge in [0, 0.05) is 31.7 Å². The summed E-state index contributed by atoms with van der Waals surface area (Å²) in [6, 6.07) is 4.85. The number of nitrogens with one attached hydrogen (secondary N) is 2. The lowest BCUT2D eigenvalue weighted by Crippen LogP contribution is -2.39. The standard InChI is InChI=1S/C17H25N3O6S/c21-17(14-2-3-15-16(12-14)26-13-25-15)18-5-11-27(22,23)19-4-1-6-20-7-9-24-10-8-20/h2-3,12,19H,1,4-11,13H2,(H,18,21). The molecule has 2 heterocycles. The van der Waals surface area contributed by atoms with Crippen LogP contribution in [0.5, 0.6) is 11.5 Å². The molecule has 0 unspecified atom stereocenters. The van der Waals surface area contributed by atoms with Crippen LogP contribution in [0.4, 0.5) is 0 Å². The van der Waals surface area contributed by atoms with Crippen molar-refractivity contribution in [1.29, 1.82) is 0 Å². The Labute approximate surface area is 159 Å². The van der Waals surface area contributed by atoms with Gasteiger partial charge in [-0.15, -0.1) is 0 Å². The third-order valence-electron chi connectivity index (χ3n) is 4.37. The van der Waals surface area contributed by atoms with Crippen molar-refractivity contribution in [2.45, 2.75) is 6.42 Å². The first-order chi connectivity index (χ1) is 13.0. The topological polar surface area (TPSA) is 106 Å². The van der Waals surface area contributed by atoms with Gasteiger partial charge in [0.15, 0.2) is 11.5 Å². The van der Waals surface area contributed by atoms with Gasteiger partial charge in [-0.25, -0.2) is 13.1 Å². The lowest BCUT2D eigenvalue weighted by molar-refractivity contribution is 0.0376. The van der Waals surface area contributed by atoms with Gasteiger partial charge in [-0.1, -0.05) is 0 Å². The summed E-state index contributed by atoms with van der Waals surface area (Å²) in [5.41, 5.74) is 0.398. The number of ether oxygens (including phenoxy) is 3. The van der Waals surface area contributed by atoms with Crippen LogP contribution >= 0.6 is 0 Å². The number of amides is 1. The largest absolute Gasteiger partial charge is 0.454 e. The first kappa shape index (κ1) is 19.9. The number of morpholine rings is 1. The minimum Gasteiger partial charge on any atom is -0.454 e. The average Bonchev–Trinajstić information content (AvgIpc) is 3.13. The first-order valence-electron chi connectivity index (χ1n) is 8.99. The number of nitrogens with zero attached hydrogens (tertiary/aromatic N) is 1. The van der Waals surface area contributed by atoms with E-state index in [-0.39, 0.29) is 25.0 Å². The van der Waals surface area contributed by atoms with E-state index >= 15 is 0 Å². The van der Waals surface area contributed by atoms with Crippen molar-refractivity contribution in [1.82, 2.24) is 14.9 Å². The molecule has 2 N–H and O–H groups in total. The summed E-state index contributed by atoms with van der Waals surface area (Å²) in [5.74, 6) is 0.587. The van der Waals surface area contributed by atoms with Crippen LogP contribution in [0.3, 0.4) is 0 Å². The van der Waals surface area contributed by atoms with Crippen molar-refractivity contribution in [2.24, 2.45) is 0 Å². The number of benzene rings is 1. The van der Waals surface area contributed by atoms with Crippen LogP contribution in [0, 0.1) is 0 Å². The summed E-state index contributed by atoms with van der Waals surface area (Å²) in [6.07, 6.45) is 0.739. The average molecular weight is 399 g/mol. The number of hydrogen-bond acceptors (Lipinski definition) is 7. The van der Waals surface area contributed by atoms with Gasteiger partial charge in [-0.05, 0) is 31.2 Å². The number of hydrogen-bond donors (Lipinski definition) is 2. The van der Waals surface area contributed by atoms with Crippen LogP contribution in [0.1, 0.15) is 16.8 Å². The molecule has 1 fully saturated rings. The molecule has 0 atom stereocenters. The van der Waals surface area contributed by atoms with Gasteiger partial charge in [-0.2, -0.15) is 0 Å². The van der Waals surface area contributed by atoms with Crippen molar-refractivity contribution in [3.63, 3.8) is 0 Å². The fourth-order valence-electron chi connectivity index (χ4n) is 2.87. The zero-order valence-corrected chi connectivity index (χ0v) is 15.9. The lowest BCUT2D eigenvalue weighted by Gasteiger charge is -2.26. The highest BCUT2D eigenvalue weighted by atomic mass is 32.2. The number of carbonyl (C=O) groups excluding carboxylic acids is 1. The van der Waals surface area contributed by atoms with E-state index in [2.05, 4.69) is 14.9 Å². The number of carbonyl (C=O) groups is 1. The van der Waals surface area contributed by atoms with E-state index in [1.54, 1.807) is 18.2 Å². The summed E-state index contributed by atoms with van der Waals surface area (Å²) in [4.78, 5) is 14.4. The summed E-state index contributed by atoms with van der Waals surface area (Å²) < 4.78 is 42.3. The molecule has 2 aliphatic heterocycles. The molecule has 0 spiro atoms. The predicted octanol–water partition coefficient (Wildman–Crippen LogP) is -0.213. The minimum absolute atomic E-state index is 0.0338. The molecule has 1 aromatic rings. The molecule has 9 nitrogen and oxygen atoms in total. The van der Waals surface area contributed by atoms with Crippen molar-refractivity contribution >= 4 is 15.9 Å². The highest BCUT2D eigenvalue weighted by molar-refractivity contribution is 7.89. The van der Waals surface area contributed by atoms with Crippen LogP contribution in [-0.4, -0.2) is 77.7 Å². The number of sulfonamides is 1. The highest BCUT2D eigenvalue weighted by Gasteiger charge is 2.17. The van der Waals surface area contributed by atoms with Gasteiger partial charge < -0.3 is 19.5 Å². The maximum atomic E-state index is 12.1. The van der Waals surface area contributed by atoms with Crippen molar-refractivity contribution in [3.8, 4) is 11.5 Å². The molecule has 1 aromatic carbocycles. The van der Waals surface area contributed by atoms with E-state index in [0.29, 0.717) is 23.6 Å². The number of fused-ring (bicyclic) bond motifs is 1. The van der Waals surface area contributed by atoms with Gasteiger partial charge in [0.2, 0.25) is 16.8 Å². The predicted molar refractivity (Wildman–Crippen MR) is 98.6 cm³/mol. The zero-order chi connectivity index (χ0) is 19.1. The molecule has 150 valence electrons. The monoisotopic (exact) mass is 399 g/mol. The molecule has 0 aromatic heterocycles. The molecule has 2 aliphatic rings. The zero-order valence-electron chi connectivity index (χ0n) is 15.1. The SMILES string of the molecule is O=C(NCCS(=O)(=O)NCCCN1CCOCC1)c1ccc2c(c1)OCO2. The maximum Gasteiger partial charge on any atom is 0.251 e. The third kappa shape index (κ3) is 6.06. The summed E-state index contributed by atoms with van der Waals surface area (Å²) in [5, 5.41) is 2.61. The first-order valence-corrected chi connectivity index (χ1v) is 10.6. The fourth-order valence-corrected chi connectivity index (χ4v) is 3.84. The highest BCUT2D eigenvalue weighted by Crippen LogP contribution is 2.32. The molecule has 1 amide bonds. The van der Waals surface area contributed by atoms with Crippen molar-refractivity contribution < 1.29 is 27.4 Å². The molecule has 0 radical (unpaired) electrons. The van der Waals surface area contributed by atoms with E-state index in [1.165, 1.54) is 0 Å². The van der Waals surface area contributed by atoms with Gasteiger partial charge >= 0.3 is 0 Å². The smallest absolute Gasteiger partial charge is 0.251 e. The summed E-state index contributed by atoms with van der Waals surface area (Å²) >= 11 is 0. The van der Waals surface area contributed by atoms with Gasteiger partial charge in [0.1, 0.15) is 0 Å². The Kier molecular flexibility index (Phi) is 6.89. The Hall–Kier alpha value is -1.88. The van der Waals surface area contributed by atoms with Gasteiger partial charge in [0.05, 0.1) is 19.0 Å². The van der Waals surface area contributed by atoms with Crippen molar-refractivity contribution in [3.05, 3.63) is 23.8 Å². The second-order valence-electron chi connectivity index (χ2n) is 6.34. The molecular formula is C17H25N3O6S. The van der Waals surface area contributed by atoms with E-state index in [1.807, 2.05) is 0 Å². The molecule has 10 heteroatoms. The molecular weight excluding hydrogens is 374 g/mol. The second-order valence-corrected chi connectivity index (χ2v) is 8.27. The fraction of sp³-hybridized carbons (Fsp3) is 0.588. The van der Waals surface area contributed by atoms with Gasteiger partial charge in [-0.3, -0.25) is 9.69 Å². The molecule has 3 rings (SSSR count). The van der Waals surface area contributed by atoms with Crippen LogP contribution < -0.4 is 19.5 Å². The van der Waals surface area contributed by atoms with Gasteiger partial charge in [0.25, 0.3) is 5.91 Å². The Balaban J connectivity index is 1.34. The second kappa shape index (κ2) is 9.36. The van der Waals surface area contributed by atoms with Crippen LogP contribution in [0.2, 0.25) is 0 Å².